The van der Waals surface area contributed by atoms with Crippen molar-refractivity contribution < 1.29 is 19.3 Å². The number of anilines is 1. The van der Waals surface area contributed by atoms with Gasteiger partial charge in [-0.05, 0) is 6.42 Å². The molecule has 11 heteroatoms. The maximum Gasteiger partial charge on any atom is 0.333 e. The summed E-state index contributed by atoms with van der Waals surface area (Å²) < 4.78 is 21.9. The van der Waals surface area contributed by atoms with Gasteiger partial charge in [-0.15, -0.1) is 6.42 Å². The van der Waals surface area contributed by atoms with E-state index in [0.29, 0.717) is 0 Å². The first-order valence-electron chi connectivity index (χ1n) is 7.84. The molecule has 2 aromatic heterocycles. The fraction of sp³-hybridized carbons (Fsp3) is 0.533. The van der Waals surface area contributed by atoms with E-state index in [0.717, 1.165) is 9.13 Å². The number of nitrogens with zero attached hydrogens (tertiary/aromatic N) is 4. The molecule has 5 atom stereocenters. The van der Waals surface area contributed by atoms with Crippen molar-refractivity contribution in [3.63, 3.8) is 0 Å². The topological polar surface area (TPSA) is 128 Å². The van der Waals surface area contributed by atoms with Gasteiger partial charge in [0.15, 0.2) is 23.2 Å². The average Bonchev–Trinajstić information content (AvgIpc) is 3.03. The van der Waals surface area contributed by atoms with Crippen LogP contribution in [0.4, 0.5) is 10.3 Å². The lowest BCUT2D eigenvalue weighted by Crippen LogP contribution is -2.36. The second-order valence-corrected chi connectivity index (χ2v) is 6.25. The van der Waals surface area contributed by atoms with Crippen molar-refractivity contribution in [2.75, 3.05) is 5.73 Å². The molecule has 3 heterocycles. The van der Waals surface area contributed by atoms with Crippen LogP contribution in [0.15, 0.2) is 4.79 Å². The Morgan fingerprint density at radius 1 is 1.54 bits per heavy atom. The summed E-state index contributed by atoms with van der Waals surface area (Å²) >= 11 is 6.07. The molecule has 1 saturated heterocycles. The molecule has 0 aliphatic carbocycles. The summed E-state index contributed by atoms with van der Waals surface area (Å²) in [5.74, 6) is 2.09. The van der Waals surface area contributed by atoms with Gasteiger partial charge in [-0.1, -0.05) is 24.4 Å². The van der Waals surface area contributed by atoms with E-state index in [-0.39, 0.29) is 35.2 Å². The molecule has 0 bridgehead atoms. The van der Waals surface area contributed by atoms with Crippen LogP contribution in [0.2, 0.25) is 5.15 Å². The maximum absolute atomic E-state index is 14.4. The predicted molar refractivity (Wildman–Crippen MR) is 91.2 cm³/mol. The number of hydrogen-bond donors (Lipinski definition) is 3. The minimum Gasteiger partial charge on any atom is -0.390 e. The molecule has 9 nitrogen and oxygen atoms in total. The summed E-state index contributed by atoms with van der Waals surface area (Å²) in [6.45, 7) is 1.48. The summed E-state index contributed by atoms with van der Waals surface area (Å²) in [6, 6.07) is 0. The lowest BCUT2D eigenvalue weighted by Gasteiger charge is -2.18. The third-order valence-electron chi connectivity index (χ3n) is 4.31. The number of fused-ring (bicyclic) bond motifs is 1. The highest BCUT2D eigenvalue weighted by atomic mass is 35.5. The van der Waals surface area contributed by atoms with Crippen LogP contribution in [-0.2, 0) is 11.3 Å². The van der Waals surface area contributed by atoms with Crippen LogP contribution in [0.25, 0.3) is 11.2 Å². The van der Waals surface area contributed by atoms with Crippen LogP contribution in [0.1, 0.15) is 19.6 Å². The molecule has 0 unspecified atom stereocenters. The smallest absolute Gasteiger partial charge is 0.333 e. The normalized spacial score (nSPS) is 26.9. The highest BCUT2D eigenvalue weighted by molar-refractivity contribution is 6.33. The van der Waals surface area contributed by atoms with Gasteiger partial charge in [-0.3, -0.25) is 4.57 Å². The summed E-state index contributed by atoms with van der Waals surface area (Å²) in [4.78, 5) is 20.6. The molecule has 3 rings (SSSR count). The lowest BCUT2D eigenvalue weighted by atomic mass is 10.1. The van der Waals surface area contributed by atoms with Crippen molar-refractivity contribution in [1.29, 1.82) is 0 Å². The number of aromatic nitrogens is 4. The van der Waals surface area contributed by atoms with Crippen molar-refractivity contribution in [2.24, 2.45) is 0 Å². The highest BCUT2D eigenvalue weighted by Gasteiger charge is 2.49. The number of ether oxygens (including phenoxy) is 1. The van der Waals surface area contributed by atoms with E-state index >= 15 is 0 Å². The summed E-state index contributed by atoms with van der Waals surface area (Å²) in [7, 11) is 0. The second kappa shape index (κ2) is 6.85. The molecule has 0 spiro atoms. The standard InChI is InChI=1S/C15H17ClFN5O4/c1-3-5-21-8-11(16)19-14(18)20-12(8)22(15(21)25)13-9(24)7(17)10(26-13)6(23)4-2/h1,6-7,9-10,13,23-24H,4-5H2,2H3,(H2,18,19,20)/t6-,7+,9+,10+,13+/m0/s1. The molecular formula is C15H17ClFN5O4. The zero-order chi connectivity index (χ0) is 19.2. The van der Waals surface area contributed by atoms with E-state index in [1.807, 2.05) is 0 Å². The molecule has 0 saturated carbocycles. The van der Waals surface area contributed by atoms with Gasteiger partial charge in [0.25, 0.3) is 0 Å². The molecular weight excluding hydrogens is 369 g/mol. The van der Waals surface area contributed by atoms with Gasteiger partial charge in [0, 0.05) is 0 Å². The van der Waals surface area contributed by atoms with E-state index in [9.17, 15) is 19.4 Å². The van der Waals surface area contributed by atoms with Crippen LogP contribution in [-0.4, -0.2) is 53.8 Å². The maximum atomic E-state index is 14.4. The number of halogens is 2. The van der Waals surface area contributed by atoms with E-state index in [4.69, 9.17) is 28.5 Å². The van der Waals surface area contributed by atoms with Crippen molar-refractivity contribution in [1.82, 2.24) is 19.1 Å². The van der Waals surface area contributed by atoms with E-state index in [1.54, 1.807) is 6.92 Å². The van der Waals surface area contributed by atoms with E-state index in [2.05, 4.69) is 15.9 Å². The minimum absolute atomic E-state index is 0.0503. The molecule has 140 valence electrons. The van der Waals surface area contributed by atoms with Gasteiger partial charge >= 0.3 is 5.69 Å². The van der Waals surface area contributed by atoms with Crippen LogP contribution in [0.3, 0.4) is 0 Å². The van der Waals surface area contributed by atoms with E-state index in [1.165, 1.54) is 0 Å². The van der Waals surface area contributed by atoms with Gasteiger partial charge in [-0.25, -0.2) is 13.8 Å². The Balaban J connectivity index is 2.21. The molecule has 0 aromatic carbocycles. The van der Waals surface area contributed by atoms with Crippen molar-refractivity contribution >= 4 is 28.7 Å². The average molecular weight is 386 g/mol. The zero-order valence-electron chi connectivity index (χ0n) is 13.7. The number of terminal acetylenes is 1. The van der Waals surface area contributed by atoms with Crippen molar-refractivity contribution in [3.8, 4) is 12.3 Å². The van der Waals surface area contributed by atoms with Crippen LogP contribution in [0.5, 0.6) is 0 Å². The first-order chi connectivity index (χ1) is 12.3. The fourth-order valence-corrected chi connectivity index (χ4v) is 3.31. The van der Waals surface area contributed by atoms with Gasteiger partial charge in [0.05, 0.1) is 12.6 Å². The number of hydrogen-bond acceptors (Lipinski definition) is 7. The van der Waals surface area contributed by atoms with Gasteiger partial charge in [-0.2, -0.15) is 9.97 Å². The molecule has 2 aromatic rings. The van der Waals surface area contributed by atoms with Crippen LogP contribution >= 0.6 is 11.6 Å². The Bertz CT molecular complexity index is 939. The Hall–Kier alpha value is -2.19. The molecule has 1 aliphatic rings. The molecule has 0 amide bonds. The van der Waals surface area contributed by atoms with Crippen LogP contribution in [0, 0.1) is 12.3 Å². The Morgan fingerprint density at radius 3 is 2.85 bits per heavy atom. The quantitative estimate of drug-likeness (QED) is 0.492. The zero-order valence-corrected chi connectivity index (χ0v) is 14.5. The number of rotatable bonds is 4. The molecule has 4 N–H and O–H groups in total. The number of aliphatic hydroxyl groups is 2. The fourth-order valence-electron chi connectivity index (χ4n) is 3.03. The molecule has 0 radical (unpaired) electrons. The number of alkyl halides is 1. The lowest BCUT2D eigenvalue weighted by molar-refractivity contribution is -0.0799. The summed E-state index contributed by atoms with van der Waals surface area (Å²) in [6.07, 6.45) is -1.99. The third-order valence-corrected chi connectivity index (χ3v) is 4.57. The monoisotopic (exact) mass is 385 g/mol. The largest absolute Gasteiger partial charge is 0.390 e. The summed E-state index contributed by atoms with van der Waals surface area (Å²) in [5.41, 5.74) is 4.92. The van der Waals surface area contributed by atoms with Gasteiger partial charge in [0.1, 0.15) is 17.7 Å². The Kier molecular flexibility index (Phi) is 4.90. The number of imidazole rings is 1. The molecule has 1 fully saturated rings. The predicted octanol–water partition coefficient (Wildman–Crippen LogP) is -0.171. The van der Waals surface area contributed by atoms with Crippen molar-refractivity contribution in [3.05, 3.63) is 15.6 Å². The first-order valence-corrected chi connectivity index (χ1v) is 8.22. The SMILES string of the molecule is C#CCn1c(=O)n([C@@H]2O[C@H]([C@@H](O)CC)[C@H](F)[C@H]2O)c2nc(N)nc(Cl)c21. The van der Waals surface area contributed by atoms with Crippen LogP contribution < -0.4 is 11.4 Å². The van der Waals surface area contributed by atoms with E-state index < -0.39 is 36.4 Å². The Morgan fingerprint density at radius 2 is 2.23 bits per heavy atom. The second-order valence-electron chi connectivity index (χ2n) is 5.89. The van der Waals surface area contributed by atoms with Crippen molar-refractivity contribution in [2.45, 2.75) is 50.6 Å². The Labute approximate surface area is 152 Å². The number of nitrogens with two attached hydrogens (primary N) is 1. The minimum atomic E-state index is -1.90. The number of aliphatic hydroxyl groups excluding tert-OH is 2. The van der Waals surface area contributed by atoms with Gasteiger partial charge < -0.3 is 20.7 Å². The van der Waals surface area contributed by atoms with Gasteiger partial charge in [0.2, 0.25) is 5.95 Å². The molecule has 1 aliphatic heterocycles. The summed E-state index contributed by atoms with van der Waals surface area (Å²) in [5, 5.41) is 20.1. The molecule has 26 heavy (non-hydrogen) atoms. The highest BCUT2D eigenvalue weighted by Crippen LogP contribution is 2.35. The number of nitrogen functional groups attached to an aromatic ring is 1. The third kappa shape index (κ3) is 2.73. The first kappa shape index (κ1) is 18.6.